The normalized spacial score (nSPS) is 11.0. The molecule has 0 unspecified atom stereocenters. The number of hydrogen-bond acceptors (Lipinski definition) is 5. The molecule has 0 atom stereocenters. The van der Waals surface area contributed by atoms with Crippen molar-refractivity contribution in [3.63, 3.8) is 0 Å². The van der Waals surface area contributed by atoms with Crippen molar-refractivity contribution in [1.29, 1.82) is 0 Å². The van der Waals surface area contributed by atoms with Gasteiger partial charge < -0.3 is 19.6 Å². The number of carboxylic acid groups (broad SMARTS) is 1. The summed E-state index contributed by atoms with van der Waals surface area (Å²) in [7, 11) is 0. The molecule has 2 aromatic carbocycles. The van der Waals surface area contributed by atoms with E-state index in [-0.39, 0.29) is 17.2 Å². The molecule has 0 fully saturated rings. The number of carboxylic acids is 1. The largest absolute Gasteiger partial charge is 0.482 e. The number of aliphatic carboxylic acids is 1. The topological polar surface area (TPSA) is 106 Å². The van der Waals surface area contributed by atoms with E-state index in [2.05, 4.69) is 12.2 Å². The summed E-state index contributed by atoms with van der Waals surface area (Å²) in [5, 5.41) is 12.7. The van der Waals surface area contributed by atoms with Crippen LogP contribution in [0.5, 0.6) is 5.75 Å². The average Bonchev–Trinajstić information content (AvgIpc) is 2.90. The smallest absolute Gasteiger partial charge is 0.341 e. The van der Waals surface area contributed by atoms with Crippen molar-refractivity contribution >= 4 is 40.1 Å². The first-order valence-electron chi connectivity index (χ1n) is 13.9. The lowest BCUT2D eigenvalue weighted by Gasteiger charge is -2.11. The Bertz CT molecular complexity index is 1300. The third-order valence-electron chi connectivity index (χ3n) is 6.63. The molecule has 1 heterocycles. The summed E-state index contributed by atoms with van der Waals surface area (Å²) in [6, 6.07) is 11.3. The molecular weight excluding hydrogens is 518 g/mol. The van der Waals surface area contributed by atoms with Gasteiger partial charge >= 0.3 is 11.6 Å². The zero-order valence-corrected chi connectivity index (χ0v) is 23.4. The number of hydrogen-bond donors (Lipinski definition) is 2. The van der Waals surface area contributed by atoms with Gasteiger partial charge in [0, 0.05) is 40.8 Å². The van der Waals surface area contributed by atoms with Crippen molar-refractivity contribution in [3.05, 3.63) is 57.9 Å². The first-order valence-corrected chi connectivity index (χ1v) is 14.3. The lowest BCUT2D eigenvalue weighted by Crippen LogP contribution is -2.11. The molecule has 39 heavy (non-hydrogen) atoms. The highest BCUT2D eigenvalue weighted by atomic mass is 35.5. The minimum Gasteiger partial charge on any atom is -0.482 e. The fourth-order valence-corrected chi connectivity index (χ4v) is 4.87. The second-order valence-corrected chi connectivity index (χ2v) is 10.3. The predicted octanol–water partition coefficient (Wildman–Crippen LogP) is 8.22. The van der Waals surface area contributed by atoms with Crippen LogP contribution >= 0.6 is 11.6 Å². The summed E-state index contributed by atoms with van der Waals surface area (Å²) in [5.74, 6) is -0.885. The summed E-state index contributed by atoms with van der Waals surface area (Å²) >= 11 is 6.56. The van der Waals surface area contributed by atoms with E-state index in [0.29, 0.717) is 33.6 Å². The Morgan fingerprint density at radius 1 is 0.872 bits per heavy atom. The van der Waals surface area contributed by atoms with Gasteiger partial charge in [-0.1, -0.05) is 88.8 Å². The number of anilines is 1. The molecular formula is C31H38ClNO6. The zero-order chi connectivity index (χ0) is 28.0. The number of carbonyl (C=O) groups excluding carboxylic acids is 1. The Balaban J connectivity index is 1.51. The number of halogens is 1. The van der Waals surface area contributed by atoms with Crippen molar-refractivity contribution in [2.45, 2.75) is 84.0 Å². The molecule has 0 radical (unpaired) electrons. The Hall–Kier alpha value is -3.32. The first-order chi connectivity index (χ1) is 18.9. The van der Waals surface area contributed by atoms with Crippen LogP contribution in [-0.4, -0.2) is 23.6 Å². The monoisotopic (exact) mass is 555 g/mol. The van der Waals surface area contributed by atoms with Crippen LogP contribution in [0.25, 0.3) is 22.1 Å². The number of unbranched alkanes of at least 4 members (excludes halogenated alkanes) is 10. The fraction of sp³-hybridized carbons (Fsp3) is 0.452. The summed E-state index contributed by atoms with van der Waals surface area (Å²) in [6.45, 7) is 1.73. The average molecular weight is 556 g/mol. The number of nitrogens with one attached hydrogen (secondary N) is 1. The van der Waals surface area contributed by atoms with E-state index in [1.807, 2.05) is 0 Å². The molecule has 3 rings (SSSR count). The number of fused-ring (bicyclic) bond motifs is 1. The van der Waals surface area contributed by atoms with Crippen LogP contribution in [0.4, 0.5) is 5.69 Å². The van der Waals surface area contributed by atoms with E-state index in [1.165, 1.54) is 63.5 Å². The molecule has 1 aromatic heterocycles. The third kappa shape index (κ3) is 10.1. The second kappa shape index (κ2) is 15.9. The molecule has 0 saturated carbocycles. The van der Waals surface area contributed by atoms with E-state index < -0.39 is 18.2 Å². The van der Waals surface area contributed by atoms with Crippen molar-refractivity contribution in [3.8, 4) is 16.9 Å². The zero-order valence-electron chi connectivity index (χ0n) is 22.6. The molecule has 0 aliphatic carbocycles. The van der Waals surface area contributed by atoms with Crippen LogP contribution in [0.3, 0.4) is 0 Å². The maximum Gasteiger partial charge on any atom is 0.341 e. The minimum absolute atomic E-state index is 0.0468. The van der Waals surface area contributed by atoms with Gasteiger partial charge in [-0.25, -0.2) is 9.59 Å². The highest BCUT2D eigenvalue weighted by Gasteiger charge is 2.14. The number of amides is 1. The molecule has 0 aliphatic heterocycles. The molecule has 0 bridgehead atoms. The standard InChI is InChI=1S/C31H38ClNO6/c1-2-3-4-5-6-7-8-9-10-11-12-13-29(34)33-22-14-16-24(27(32)18-22)26-20-31(37)39-28-19-23(15-17-25(26)28)38-21-30(35)36/h14-20H,2-13,21H2,1H3,(H,33,34)(H,35,36). The summed E-state index contributed by atoms with van der Waals surface area (Å²) in [4.78, 5) is 35.4. The van der Waals surface area contributed by atoms with Gasteiger partial charge in [0.05, 0.1) is 5.02 Å². The van der Waals surface area contributed by atoms with Gasteiger partial charge in [-0.3, -0.25) is 4.79 Å². The Morgan fingerprint density at radius 3 is 2.18 bits per heavy atom. The number of rotatable bonds is 17. The van der Waals surface area contributed by atoms with Gasteiger partial charge in [0.1, 0.15) is 11.3 Å². The van der Waals surface area contributed by atoms with E-state index in [1.54, 1.807) is 30.3 Å². The molecule has 7 nitrogen and oxygen atoms in total. The van der Waals surface area contributed by atoms with Gasteiger partial charge in [0.25, 0.3) is 0 Å². The van der Waals surface area contributed by atoms with Crippen LogP contribution in [0.2, 0.25) is 5.02 Å². The van der Waals surface area contributed by atoms with E-state index in [0.717, 1.165) is 19.3 Å². The Morgan fingerprint density at radius 2 is 1.54 bits per heavy atom. The highest BCUT2D eigenvalue weighted by molar-refractivity contribution is 6.34. The Kier molecular flexibility index (Phi) is 12.4. The maximum absolute atomic E-state index is 12.4. The number of ether oxygens (including phenoxy) is 1. The van der Waals surface area contributed by atoms with E-state index in [4.69, 9.17) is 25.9 Å². The molecule has 210 valence electrons. The van der Waals surface area contributed by atoms with Crippen molar-refractivity contribution in [1.82, 2.24) is 0 Å². The van der Waals surface area contributed by atoms with Gasteiger partial charge in [0.15, 0.2) is 6.61 Å². The Labute approximate surface area is 234 Å². The minimum atomic E-state index is -1.11. The van der Waals surface area contributed by atoms with Gasteiger partial charge in [-0.2, -0.15) is 0 Å². The molecule has 0 aliphatic rings. The van der Waals surface area contributed by atoms with Crippen molar-refractivity contribution in [2.75, 3.05) is 11.9 Å². The van der Waals surface area contributed by atoms with Crippen LogP contribution in [0, 0.1) is 0 Å². The van der Waals surface area contributed by atoms with Gasteiger partial charge in [0.2, 0.25) is 5.91 Å². The number of carbonyl (C=O) groups is 2. The van der Waals surface area contributed by atoms with E-state index in [9.17, 15) is 14.4 Å². The van der Waals surface area contributed by atoms with Crippen LogP contribution < -0.4 is 15.7 Å². The fourth-order valence-electron chi connectivity index (χ4n) is 4.59. The maximum atomic E-state index is 12.4. The molecule has 0 spiro atoms. The lowest BCUT2D eigenvalue weighted by molar-refractivity contribution is -0.139. The summed E-state index contributed by atoms with van der Waals surface area (Å²) in [6.07, 6.45) is 14.0. The van der Waals surface area contributed by atoms with E-state index >= 15 is 0 Å². The van der Waals surface area contributed by atoms with Gasteiger partial charge in [-0.15, -0.1) is 0 Å². The third-order valence-corrected chi connectivity index (χ3v) is 6.94. The highest BCUT2D eigenvalue weighted by Crippen LogP contribution is 2.35. The molecule has 8 heteroatoms. The van der Waals surface area contributed by atoms with Gasteiger partial charge in [-0.05, 0) is 30.7 Å². The predicted molar refractivity (Wildman–Crippen MR) is 156 cm³/mol. The molecule has 3 aromatic rings. The summed E-state index contributed by atoms with van der Waals surface area (Å²) in [5.41, 5.74) is 1.44. The number of benzene rings is 2. The van der Waals surface area contributed by atoms with Crippen molar-refractivity contribution < 1.29 is 23.8 Å². The van der Waals surface area contributed by atoms with Crippen LogP contribution in [0.1, 0.15) is 84.0 Å². The summed E-state index contributed by atoms with van der Waals surface area (Å²) < 4.78 is 10.5. The van der Waals surface area contributed by atoms with Crippen molar-refractivity contribution in [2.24, 2.45) is 0 Å². The molecule has 1 amide bonds. The quantitative estimate of drug-likeness (QED) is 0.128. The molecule has 2 N–H and O–H groups in total. The first kappa shape index (κ1) is 30.2. The lowest BCUT2D eigenvalue weighted by atomic mass is 10.0. The second-order valence-electron chi connectivity index (χ2n) is 9.85. The SMILES string of the molecule is CCCCCCCCCCCCCC(=O)Nc1ccc(-c2cc(=O)oc3cc(OCC(=O)O)ccc23)c(Cl)c1. The van der Waals surface area contributed by atoms with Crippen LogP contribution in [0.15, 0.2) is 51.7 Å². The molecule has 0 saturated heterocycles. The van der Waals surface area contributed by atoms with Crippen LogP contribution in [-0.2, 0) is 9.59 Å².